The van der Waals surface area contributed by atoms with E-state index >= 15 is 0 Å². The van der Waals surface area contributed by atoms with Crippen molar-refractivity contribution in [3.63, 3.8) is 0 Å². The number of halogens is 2. The van der Waals surface area contributed by atoms with Crippen molar-refractivity contribution < 1.29 is 18.7 Å². The number of amides is 1. The maximum Gasteiger partial charge on any atom is 0.266 e. The molecule has 3 aromatic rings. The van der Waals surface area contributed by atoms with Crippen LogP contribution in [0.5, 0.6) is 11.5 Å². The third-order valence-corrected chi connectivity index (χ3v) is 4.49. The van der Waals surface area contributed by atoms with E-state index < -0.39 is 5.91 Å². The van der Waals surface area contributed by atoms with Crippen LogP contribution in [0.3, 0.4) is 0 Å². The van der Waals surface area contributed by atoms with Gasteiger partial charge in [0.05, 0.1) is 7.11 Å². The summed E-state index contributed by atoms with van der Waals surface area (Å²) < 4.78 is 24.1. The first-order chi connectivity index (χ1) is 15.0. The van der Waals surface area contributed by atoms with Crippen LogP contribution in [0.15, 0.2) is 72.3 Å². The predicted molar refractivity (Wildman–Crippen MR) is 117 cm³/mol. The molecular formula is C24H18ClFN2O3. The first-order valence-electron chi connectivity index (χ1n) is 9.22. The smallest absolute Gasteiger partial charge is 0.266 e. The maximum atomic E-state index is 13.0. The molecule has 31 heavy (non-hydrogen) atoms. The lowest BCUT2D eigenvalue weighted by molar-refractivity contribution is -0.112. The molecule has 1 amide bonds. The Morgan fingerprint density at radius 1 is 1.13 bits per heavy atom. The van der Waals surface area contributed by atoms with Gasteiger partial charge in [-0.25, -0.2) is 4.39 Å². The number of nitriles is 1. The van der Waals surface area contributed by atoms with Gasteiger partial charge in [-0.1, -0.05) is 35.9 Å². The summed E-state index contributed by atoms with van der Waals surface area (Å²) in [5.41, 5.74) is 1.79. The lowest BCUT2D eigenvalue weighted by atomic mass is 10.1. The Balaban J connectivity index is 1.74. The zero-order valence-corrected chi connectivity index (χ0v) is 17.3. The van der Waals surface area contributed by atoms with E-state index in [2.05, 4.69) is 5.32 Å². The van der Waals surface area contributed by atoms with Crippen LogP contribution in [-0.2, 0) is 11.4 Å². The Kier molecular flexibility index (Phi) is 7.26. The van der Waals surface area contributed by atoms with E-state index in [1.807, 2.05) is 6.07 Å². The van der Waals surface area contributed by atoms with Crippen molar-refractivity contribution in [3.8, 4) is 17.6 Å². The van der Waals surface area contributed by atoms with Crippen LogP contribution in [0.1, 0.15) is 11.1 Å². The maximum absolute atomic E-state index is 13.0. The number of anilines is 1. The van der Waals surface area contributed by atoms with Crippen molar-refractivity contribution in [1.82, 2.24) is 0 Å². The normalized spacial score (nSPS) is 10.8. The van der Waals surface area contributed by atoms with Crippen LogP contribution in [0, 0.1) is 17.1 Å². The number of benzene rings is 3. The van der Waals surface area contributed by atoms with Crippen LogP contribution >= 0.6 is 11.6 Å². The Labute approximate surface area is 184 Å². The summed E-state index contributed by atoms with van der Waals surface area (Å²) >= 11 is 5.92. The number of hydrogen-bond donors (Lipinski definition) is 1. The van der Waals surface area contributed by atoms with Crippen molar-refractivity contribution in [2.24, 2.45) is 0 Å². The highest BCUT2D eigenvalue weighted by atomic mass is 35.5. The van der Waals surface area contributed by atoms with Gasteiger partial charge in [-0.15, -0.1) is 0 Å². The number of nitrogens with zero attached hydrogens (tertiary/aromatic N) is 1. The molecule has 5 nitrogen and oxygen atoms in total. The number of rotatable bonds is 7. The number of nitrogens with one attached hydrogen (secondary N) is 1. The molecule has 0 saturated heterocycles. The highest BCUT2D eigenvalue weighted by Gasteiger charge is 2.12. The van der Waals surface area contributed by atoms with Gasteiger partial charge in [-0.05, 0) is 59.7 Å². The van der Waals surface area contributed by atoms with Crippen LogP contribution in [-0.4, -0.2) is 13.0 Å². The second kappa shape index (κ2) is 10.3. The highest BCUT2D eigenvalue weighted by Crippen LogP contribution is 2.30. The number of carbonyl (C=O) groups excluding carboxylic acids is 1. The Hall–Kier alpha value is -3.82. The molecule has 0 aromatic heterocycles. The Morgan fingerprint density at radius 2 is 1.90 bits per heavy atom. The van der Waals surface area contributed by atoms with Crippen molar-refractivity contribution in [2.45, 2.75) is 6.61 Å². The highest BCUT2D eigenvalue weighted by molar-refractivity contribution is 6.31. The molecule has 3 rings (SSSR count). The lowest BCUT2D eigenvalue weighted by Gasteiger charge is -2.12. The van der Waals surface area contributed by atoms with E-state index in [0.717, 1.165) is 5.56 Å². The van der Waals surface area contributed by atoms with Gasteiger partial charge >= 0.3 is 0 Å². The third kappa shape index (κ3) is 6.08. The summed E-state index contributed by atoms with van der Waals surface area (Å²) in [6.45, 7) is 0.233. The summed E-state index contributed by atoms with van der Waals surface area (Å²) in [7, 11) is 1.49. The molecule has 1 N–H and O–H groups in total. The minimum absolute atomic E-state index is 0.0815. The first-order valence-corrected chi connectivity index (χ1v) is 9.60. The van der Waals surface area contributed by atoms with Crippen LogP contribution < -0.4 is 14.8 Å². The number of methoxy groups -OCH3 is 1. The van der Waals surface area contributed by atoms with Gasteiger partial charge in [0.2, 0.25) is 0 Å². The minimum atomic E-state index is -0.555. The molecule has 0 saturated carbocycles. The van der Waals surface area contributed by atoms with Crippen molar-refractivity contribution in [3.05, 3.63) is 94.3 Å². The van der Waals surface area contributed by atoms with E-state index in [1.54, 1.807) is 54.6 Å². The molecule has 0 spiro atoms. The van der Waals surface area contributed by atoms with E-state index in [9.17, 15) is 14.4 Å². The lowest BCUT2D eigenvalue weighted by Crippen LogP contribution is -2.13. The summed E-state index contributed by atoms with van der Waals surface area (Å²) in [5, 5.41) is 12.5. The van der Waals surface area contributed by atoms with Gasteiger partial charge in [-0.3, -0.25) is 4.79 Å². The fraction of sp³-hybridized carbons (Fsp3) is 0.0833. The van der Waals surface area contributed by atoms with E-state index in [1.165, 1.54) is 25.3 Å². The quantitative estimate of drug-likeness (QED) is 0.386. The summed E-state index contributed by atoms with van der Waals surface area (Å²) in [6, 6.07) is 19.6. The van der Waals surface area contributed by atoms with Gasteiger partial charge < -0.3 is 14.8 Å². The molecule has 0 aliphatic carbocycles. The molecule has 0 atom stereocenters. The van der Waals surface area contributed by atoms with Crippen LogP contribution in [0.4, 0.5) is 10.1 Å². The number of ether oxygens (including phenoxy) is 2. The van der Waals surface area contributed by atoms with E-state index in [-0.39, 0.29) is 18.0 Å². The second-order valence-corrected chi connectivity index (χ2v) is 6.90. The molecule has 0 fully saturated rings. The third-order valence-electron chi connectivity index (χ3n) is 4.25. The molecular weight excluding hydrogens is 419 g/mol. The first kappa shape index (κ1) is 21.9. The summed E-state index contributed by atoms with van der Waals surface area (Å²) in [4.78, 5) is 12.4. The summed E-state index contributed by atoms with van der Waals surface area (Å²) in [6.07, 6.45) is 1.45. The second-order valence-electron chi connectivity index (χ2n) is 6.46. The molecule has 7 heteroatoms. The monoisotopic (exact) mass is 436 g/mol. The van der Waals surface area contributed by atoms with Crippen molar-refractivity contribution >= 4 is 29.3 Å². The molecule has 0 radical (unpaired) electrons. The summed E-state index contributed by atoms with van der Waals surface area (Å²) in [5.74, 6) is 0.0415. The Bertz CT molecular complexity index is 1150. The number of hydrogen-bond acceptors (Lipinski definition) is 4. The number of carbonyl (C=O) groups is 1. The molecule has 3 aromatic carbocycles. The zero-order chi connectivity index (χ0) is 22.2. The fourth-order valence-electron chi connectivity index (χ4n) is 2.71. The van der Waals surface area contributed by atoms with Crippen molar-refractivity contribution in [1.29, 1.82) is 5.26 Å². The van der Waals surface area contributed by atoms with Gasteiger partial charge in [0.15, 0.2) is 11.5 Å². The van der Waals surface area contributed by atoms with Gasteiger partial charge in [0.25, 0.3) is 5.91 Å². The average Bonchev–Trinajstić information content (AvgIpc) is 2.77. The molecule has 0 heterocycles. The predicted octanol–water partition coefficient (Wildman–Crippen LogP) is 5.61. The average molecular weight is 437 g/mol. The molecule has 156 valence electrons. The molecule has 0 aliphatic heterocycles. The zero-order valence-electron chi connectivity index (χ0n) is 16.6. The van der Waals surface area contributed by atoms with Crippen LogP contribution in [0.2, 0.25) is 5.02 Å². The SMILES string of the molecule is COc1cc(/C=C(\C#N)C(=O)Nc2cccc(Cl)c2)ccc1OCc1ccc(F)cc1. The van der Waals surface area contributed by atoms with Crippen molar-refractivity contribution in [2.75, 3.05) is 12.4 Å². The molecule has 0 unspecified atom stereocenters. The van der Waals surface area contributed by atoms with E-state index in [4.69, 9.17) is 21.1 Å². The Morgan fingerprint density at radius 3 is 2.58 bits per heavy atom. The molecule has 0 aliphatic rings. The van der Waals surface area contributed by atoms with Gasteiger partial charge in [0, 0.05) is 10.7 Å². The van der Waals surface area contributed by atoms with Gasteiger partial charge in [0.1, 0.15) is 24.1 Å². The standard InChI is InChI=1S/C24H18ClFN2O3/c1-30-23-12-17(7-10-22(23)31-15-16-5-8-20(26)9-6-16)11-18(14-27)24(29)28-21-4-2-3-19(25)13-21/h2-13H,15H2,1H3,(H,28,29)/b18-11+. The minimum Gasteiger partial charge on any atom is -0.493 e. The fourth-order valence-corrected chi connectivity index (χ4v) is 2.91. The van der Waals surface area contributed by atoms with Crippen LogP contribution in [0.25, 0.3) is 6.08 Å². The van der Waals surface area contributed by atoms with Gasteiger partial charge in [-0.2, -0.15) is 5.26 Å². The van der Waals surface area contributed by atoms with E-state index in [0.29, 0.717) is 27.8 Å². The topological polar surface area (TPSA) is 71.3 Å². The largest absolute Gasteiger partial charge is 0.493 e. The molecule has 0 bridgehead atoms.